The van der Waals surface area contributed by atoms with E-state index in [0.717, 1.165) is 12.2 Å². The Morgan fingerprint density at radius 2 is 1.79 bits per heavy atom. The fourth-order valence-electron chi connectivity index (χ4n) is 2.69. The molecule has 0 saturated heterocycles. The molecule has 102 valence electrons. The van der Waals surface area contributed by atoms with Crippen LogP contribution in [-0.4, -0.2) is 20.2 Å². The Morgan fingerprint density at radius 3 is 2.42 bits per heavy atom. The van der Waals surface area contributed by atoms with E-state index >= 15 is 0 Å². The first-order chi connectivity index (χ1) is 9.19. The van der Waals surface area contributed by atoms with Gasteiger partial charge in [0.1, 0.15) is 5.75 Å². The van der Waals surface area contributed by atoms with Crippen molar-refractivity contribution in [2.24, 2.45) is 0 Å². The normalized spacial score (nSPS) is 14.3. The molecular weight excluding hydrogens is 234 g/mol. The zero-order valence-electron chi connectivity index (χ0n) is 12.2. The molecule has 0 aliphatic rings. The number of benzene rings is 2. The molecule has 2 heteroatoms. The van der Waals surface area contributed by atoms with Gasteiger partial charge in [-0.25, -0.2) is 0 Å². The van der Waals surface area contributed by atoms with Crippen molar-refractivity contribution in [2.75, 3.05) is 14.2 Å². The molecule has 2 nitrogen and oxygen atoms in total. The molecule has 0 aliphatic heterocycles. The lowest BCUT2D eigenvalue weighted by Crippen LogP contribution is -2.29. The van der Waals surface area contributed by atoms with E-state index < -0.39 is 0 Å². The van der Waals surface area contributed by atoms with Crippen molar-refractivity contribution in [3.05, 3.63) is 42.0 Å². The van der Waals surface area contributed by atoms with Gasteiger partial charge in [0, 0.05) is 6.04 Å². The molecular formula is C17H23NO. The summed E-state index contributed by atoms with van der Waals surface area (Å²) in [7, 11) is 3.74. The highest BCUT2D eigenvalue weighted by atomic mass is 16.5. The van der Waals surface area contributed by atoms with E-state index in [1.54, 1.807) is 7.11 Å². The average Bonchev–Trinajstić information content (AvgIpc) is 2.47. The van der Waals surface area contributed by atoms with Crippen LogP contribution in [0.1, 0.15) is 31.7 Å². The summed E-state index contributed by atoms with van der Waals surface area (Å²) in [6.07, 6.45) is 1.14. The van der Waals surface area contributed by atoms with E-state index in [1.165, 1.54) is 16.3 Å². The van der Waals surface area contributed by atoms with Crippen molar-refractivity contribution >= 4 is 10.8 Å². The fraction of sp³-hybridized carbons (Fsp3) is 0.412. The first-order valence-corrected chi connectivity index (χ1v) is 6.94. The Balaban J connectivity index is 2.36. The Morgan fingerprint density at radius 1 is 1.11 bits per heavy atom. The Bertz CT molecular complexity index is 546. The number of ether oxygens (including phenoxy) is 1. The monoisotopic (exact) mass is 257 g/mol. The van der Waals surface area contributed by atoms with Crippen LogP contribution in [0.15, 0.2) is 36.4 Å². The molecule has 2 aromatic carbocycles. The molecule has 0 radical (unpaired) electrons. The van der Waals surface area contributed by atoms with Crippen molar-refractivity contribution in [1.29, 1.82) is 0 Å². The maximum Gasteiger partial charge on any atom is 0.119 e. The van der Waals surface area contributed by atoms with Gasteiger partial charge in [0.05, 0.1) is 7.11 Å². The summed E-state index contributed by atoms with van der Waals surface area (Å²) in [6.45, 7) is 4.51. The van der Waals surface area contributed by atoms with Crippen LogP contribution in [0.5, 0.6) is 5.75 Å². The zero-order valence-corrected chi connectivity index (χ0v) is 12.2. The van der Waals surface area contributed by atoms with Gasteiger partial charge in [-0.3, -0.25) is 0 Å². The van der Waals surface area contributed by atoms with Gasteiger partial charge < -0.3 is 10.1 Å². The standard InChI is InChI=1S/C17H23NO/c1-5-17(18-3)12(2)13-6-7-15-11-16(19-4)9-8-14(15)10-13/h6-12,17-18H,5H2,1-4H3. The summed E-state index contributed by atoms with van der Waals surface area (Å²) < 4.78 is 5.26. The number of rotatable bonds is 5. The highest BCUT2D eigenvalue weighted by molar-refractivity contribution is 5.84. The molecule has 2 atom stereocenters. The lowest BCUT2D eigenvalue weighted by Gasteiger charge is -2.23. The summed E-state index contributed by atoms with van der Waals surface area (Å²) in [6, 6.07) is 13.5. The minimum absolute atomic E-state index is 0.515. The lowest BCUT2D eigenvalue weighted by atomic mass is 9.90. The average molecular weight is 257 g/mol. The van der Waals surface area contributed by atoms with Gasteiger partial charge in [-0.15, -0.1) is 0 Å². The summed E-state index contributed by atoms with van der Waals surface area (Å²) in [5.74, 6) is 1.43. The Labute approximate surface area is 115 Å². The second kappa shape index (κ2) is 6.07. The molecule has 0 heterocycles. The van der Waals surface area contributed by atoms with Crippen LogP contribution < -0.4 is 10.1 Å². The zero-order chi connectivity index (χ0) is 13.8. The Hall–Kier alpha value is -1.54. The highest BCUT2D eigenvalue weighted by Crippen LogP contribution is 2.27. The van der Waals surface area contributed by atoms with Gasteiger partial charge in [-0.05, 0) is 47.9 Å². The third-order valence-electron chi connectivity index (χ3n) is 4.01. The number of nitrogens with one attached hydrogen (secondary N) is 1. The summed E-state index contributed by atoms with van der Waals surface area (Å²) >= 11 is 0. The fourth-order valence-corrected chi connectivity index (χ4v) is 2.69. The van der Waals surface area contributed by atoms with Gasteiger partial charge in [0.25, 0.3) is 0 Å². The summed E-state index contributed by atoms with van der Waals surface area (Å²) in [4.78, 5) is 0. The van der Waals surface area contributed by atoms with Crippen LogP contribution in [-0.2, 0) is 0 Å². The minimum atomic E-state index is 0.515. The van der Waals surface area contributed by atoms with Crippen LogP contribution in [0.3, 0.4) is 0 Å². The van der Waals surface area contributed by atoms with Crippen LogP contribution in [0.2, 0.25) is 0 Å². The van der Waals surface area contributed by atoms with Crippen molar-refractivity contribution in [2.45, 2.75) is 32.2 Å². The van der Waals surface area contributed by atoms with Crippen molar-refractivity contribution in [3.8, 4) is 5.75 Å². The Kier molecular flexibility index (Phi) is 4.43. The second-order valence-electron chi connectivity index (χ2n) is 5.06. The SMILES string of the molecule is CCC(NC)C(C)c1ccc2cc(OC)ccc2c1. The predicted octanol–water partition coefficient (Wildman–Crippen LogP) is 3.95. The van der Waals surface area contributed by atoms with Crippen LogP contribution in [0.4, 0.5) is 0 Å². The molecule has 0 aromatic heterocycles. The largest absolute Gasteiger partial charge is 0.497 e. The molecule has 2 aromatic rings. The van der Waals surface area contributed by atoms with Gasteiger partial charge >= 0.3 is 0 Å². The number of fused-ring (bicyclic) bond motifs is 1. The molecule has 2 rings (SSSR count). The molecule has 0 amide bonds. The van der Waals surface area contributed by atoms with E-state index in [4.69, 9.17) is 4.74 Å². The molecule has 0 fully saturated rings. The third-order valence-corrected chi connectivity index (χ3v) is 4.01. The van der Waals surface area contributed by atoms with E-state index in [2.05, 4.69) is 49.5 Å². The number of hydrogen-bond acceptors (Lipinski definition) is 2. The van der Waals surface area contributed by atoms with E-state index in [1.807, 2.05) is 13.1 Å². The molecule has 2 unspecified atom stereocenters. The summed E-state index contributed by atoms with van der Waals surface area (Å²) in [5.41, 5.74) is 1.39. The highest BCUT2D eigenvalue weighted by Gasteiger charge is 2.15. The minimum Gasteiger partial charge on any atom is -0.497 e. The smallest absolute Gasteiger partial charge is 0.119 e. The van der Waals surface area contributed by atoms with Crippen molar-refractivity contribution < 1.29 is 4.74 Å². The van der Waals surface area contributed by atoms with Crippen molar-refractivity contribution in [3.63, 3.8) is 0 Å². The van der Waals surface area contributed by atoms with E-state index in [-0.39, 0.29) is 0 Å². The first-order valence-electron chi connectivity index (χ1n) is 6.94. The van der Waals surface area contributed by atoms with Crippen LogP contribution in [0, 0.1) is 0 Å². The maximum atomic E-state index is 5.26. The second-order valence-corrected chi connectivity index (χ2v) is 5.06. The summed E-state index contributed by atoms with van der Waals surface area (Å²) in [5, 5.41) is 5.90. The van der Waals surface area contributed by atoms with Gasteiger partial charge in [-0.1, -0.05) is 38.1 Å². The van der Waals surface area contributed by atoms with Crippen LogP contribution in [0.25, 0.3) is 10.8 Å². The predicted molar refractivity (Wildman–Crippen MR) is 82.1 cm³/mol. The lowest BCUT2D eigenvalue weighted by molar-refractivity contribution is 0.415. The molecule has 0 saturated carbocycles. The molecule has 1 N–H and O–H groups in total. The molecule has 0 bridgehead atoms. The maximum absolute atomic E-state index is 5.26. The first kappa shape index (κ1) is 13.9. The number of methoxy groups -OCH3 is 1. The quantitative estimate of drug-likeness (QED) is 0.875. The van der Waals surface area contributed by atoms with Crippen molar-refractivity contribution in [1.82, 2.24) is 5.32 Å². The molecule has 19 heavy (non-hydrogen) atoms. The van der Waals surface area contributed by atoms with Gasteiger partial charge in [-0.2, -0.15) is 0 Å². The number of hydrogen-bond donors (Lipinski definition) is 1. The van der Waals surface area contributed by atoms with Gasteiger partial charge in [0.15, 0.2) is 0 Å². The number of likely N-dealkylation sites (N-methyl/N-ethyl adjacent to an activating group) is 1. The topological polar surface area (TPSA) is 21.3 Å². The molecule has 0 aliphatic carbocycles. The van der Waals surface area contributed by atoms with Crippen LogP contribution >= 0.6 is 0 Å². The van der Waals surface area contributed by atoms with E-state index in [9.17, 15) is 0 Å². The third kappa shape index (κ3) is 2.90. The van der Waals surface area contributed by atoms with E-state index in [0.29, 0.717) is 12.0 Å². The molecule has 0 spiro atoms. The van der Waals surface area contributed by atoms with Gasteiger partial charge in [0.2, 0.25) is 0 Å².